The monoisotopic (exact) mass is 1160 g/mol. The Kier molecular flexibility index (Phi) is 18.1. The van der Waals surface area contributed by atoms with Gasteiger partial charge in [0.05, 0.1) is 74.7 Å². The van der Waals surface area contributed by atoms with Gasteiger partial charge in [0.25, 0.3) is 11.1 Å². The van der Waals surface area contributed by atoms with Crippen molar-refractivity contribution < 1.29 is 58.2 Å². The first-order chi connectivity index (χ1) is 39.5. The minimum atomic E-state index is -5.08. The summed E-state index contributed by atoms with van der Waals surface area (Å²) in [5.74, 6) is -5.97. The third-order valence-electron chi connectivity index (χ3n) is 14.2. The highest BCUT2D eigenvalue weighted by molar-refractivity contribution is 5.76. The summed E-state index contributed by atoms with van der Waals surface area (Å²) in [6, 6.07) is 26.1. The highest BCUT2D eigenvalue weighted by Crippen LogP contribution is 2.37. The van der Waals surface area contributed by atoms with Gasteiger partial charge in [-0.2, -0.15) is 26.3 Å². The van der Waals surface area contributed by atoms with E-state index < -0.39 is 141 Å². The standard InChI is InChI=1S/C60H52F10N6O7/c1-34-51(38-20-11-26-48(82-3)53(38)63)55(78)75(57(80)73(34)30-40-42(59(65,66)67)22-13-24-44(40)61)32-46(36-16-7-5-8-17-36)71-29-15-28-50(77)72-47(37-18-9-6-10-19-37)33-76-56(79)52(39-21-12-27-49(83-4)54(39)64)35(2)74(58(76)81)31-41-43(60(68,69)70)23-14-25-45(41)62/h5-14,16-27,46-47,71H,15,28-33H2,1-4H3,(H,72,77)/t46-,47+/m1/s1. The zero-order valence-corrected chi connectivity index (χ0v) is 44.7. The molecule has 8 rings (SSSR count). The fraction of sp³-hybridized carbons (Fsp3) is 0.250. The third-order valence-corrected chi connectivity index (χ3v) is 14.2. The molecule has 2 atom stereocenters. The van der Waals surface area contributed by atoms with E-state index in [2.05, 4.69) is 10.6 Å². The van der Waals surface area contributed by atoms with Crippen molar-refractivity contribution in [1.29, 1.82) is 0 Å². The maximum absolute atomic E-state index is 16.1. The van der Waals surface area contributed by atoms with Crippen LogP contribution in [0.25, 0.3) is 22.3 Å². The highest BCUT2D eigenvalue weighted by atomic mass is 19.4. The molecule has 0 aliphatic carbocycles. The molecule has 2 aromatic heterocycles. The summed E-state index contributed by atoms with van der Waals surface area (Å²) in [7, 11) is 2.33. The van der Waals surface area contributed by atoms with Crippen molar-refractivity contribution in [1.82, 2.24) is 28.9 Å². The van der Waals surface area contributed by atoms with Crippen LogP contribution in [0.3, 0.4) is 0 Å². The summed E-state index contributed by atoms with van der Waals surface area (Å²) in [4.78, 5) is 72.5. The van der Waals surface area contributed by atoms with Gasteiger partial charge < -0.3 is 20.1 Å². The van der Waals surface area contributed by atoms with Crippen molar-refractivity contribution in [3.05, 3.63) is 243 Å². The quantitative estimate of drug-likeness (QED) is 0.0566. The van der Waals surface area contributed by atoms with Crippen LogP contribution in [0.5, 0.6) is 11.5 Å². The number of nitrogens with zero attached hydrogens (tertiary/aromatic N) is 4. The van der Waals surface area contributed by atoms with Crippen molar-refractivity contribution in [3.63, 3.8) is 0 Å². The Morgan fingerprint density at radius 2 is 0.916 bits per heavy atom. The van der Waals surface area contributed by atoms with Gasteiger partial charge in [0.1, 0.15) is 11.6 Å². The summed E-state index contributed by atoms with van der Waals surface area (Å²) in [5, 5.41) is 6.01. The van der Waals surface area contributed by atoms with Crippen molar-refractivity contribution in [3.8, 4) is 33.8 Å². The number of rotatable bonds is 20. The van der Waals surface area contributed by atoms with Crippen LogP contribution in [-0.2, 0) is 43.3 Å². The molecule has 6 aromatic carbocycles. The fourth-order valence-electron chi connectivity index (χ4n) is 9.97. The number of hydrogen-bond donors (Lipinski definition) is 2. The summed E-state index contributed by atoms with van der Waals surface area (Å²) >= 11 is 0. The first-order valence-electron chi connectivity index (χ1n) is 25.6. The molecule has 0 aliphatic heterocycles. The van der Waals surface area contributed by atoms with E-state index in [1.54, 1.807) is 60.7 Å². The zero-order chi connectivity index (χ0) is 60.1. The molecule has 2 heterocycles. The maximum atomic E-state index is 16.1. The summed E-state index contributed by atoms with van der Waals surface area (Å²) in [5.41, 5.74) is -10.6. The Balaban J connectivity index is 1.12. The van der Waals surface area contributed by atoms with Crippen LogP contribution in [0, 0.1) is 37.1 Å². The number of methoxy groups -OCH3 is 2. The number of hydrogen-bond acceptors (Lipinski definition) is 8. The fourth-order valence-corrected chi connectivity index (χ4v) is 9.97. The van der Waals surface area contributed by atoms with Gasteiger partial charge in [-0.05, 0) is 74.3 Å². The molecule has 0 unspecified atom stereocenters. The molecular formula is C60H52F10N6O7. The van der Waals surface area contributed by atoms with Crippen LogP contribution >= 0.6 is 0 Å². The molecule has 83 heavy (non-hydrogen) atoms. The normalized spacial score (nSPS) is 12.5. The van der Waals surface area contributed by atoms with E-state index in [0.717, 1.165) is 35.9 Å². The van der Waals surface area contributed by atoms with E-state index in [1.165, 1.54) is 57.4 Å². The van der Waals surface area contributed by atoms with E-state index >= 15 is 17.6 Å². The Morgan fingerprint density at radius 1 is 0.518 bits per heavy atom. The second-order valence-corrected chi connectivity index (χ2v) is 19.2. The van der Waals surface area contributed by atoms with E-state index in [0.29, 0.717) is 37.0 Å². The van der Waals surface area contributed by atoms with Crippen LogP contribution in [0.2, 0.25) is 0 Å². The maximum Gasteiger partial charge on any atom is 0.416 e. The minimum absolute atomic E-state index is 0.0121. The summed E-state index contributed by atoms with van der Waals surface area (Å²) < 4.78 is 162. The van der Waals surface area contributed by atoms with E-state index in [1.807, 2.05) is 0 Å². The molecule has 0 spiro atoms. The van der Waals surface area contributed by atoms with Gasteiger partial charge in [-0.25, -0.2) is 27.2 Å². The first-order valence-corrected chi connectivity index (χ1v) is 25.6. The van der Waals surface area contributed by atoms with Crippen molar-refractivity contribution >= 4 is 5.91 Å². The predicted molar refractivity (Wildman–Crippen MR) is 288 cm³/mol. The molecule has 13 nitrogen and oxygen atoms in total. The lowest BCUT2D eigenvalue weighted by atomic mass is 10.0. The van der Waals surface area contributed by atoms with E-state index in [4.69, 9.17) is 9.47 Å². The molecule has 0 saturated carbocycles. The number of alkyl halides is 6. The molecule has 0 bridgehead atoms. The van der Waals surface area contributed by atoms with Gasteiger partial charge in [0.2, 0.25) is 5.91 Å². The third kappa shape index (κ3) is 12.7. The molecule has 8 aromatic rings. The van der Waals surface area contributed by atoms with Gasteiger partial charge >= 0.3 is 23.7 Å². The van der Waals surface area contributed by atoms with Crippen LogP contribution in [-0.4, -0.2) is 44.9 Å². The Hall–Kier alpha value is -8.99. The van der Waals surface area contributed by atoms with Crippen LogP contribution in [0.1, 0.15) is 69.7 Å². The molecule has 2 N–H and O–H groups in total. The average molecular weight is 1160 g/mol. The van der Waals surface area contributed by atoms with Crippen molar-refractivity contribution in [2.75, 3.05) is 20.8 Å². The number of halogens is 10. The smallest absolute Gasteiger partial charge is 0.416 e. The SMILES string of the molecule is COc1cccc(-c2c(C)n(Cc3c(F)cccc3C(F)(F)F)c(=O)n(C[C@H](NC(=O)CCCN[C@H](Cn3c(=O)c(-c4cccc(OC)c4F)c(C)n(Cc4c(F)cccc4C(F)(F)F)c3=O)c3ccccc3)c3ccccc3)c2=O)c1F. The second-order valence-electron chi connectivity index (χ2n) is 19.2. The van der Waals surface area contributed by atoms with Gasteiger partial charge in [-0.15, -0.1) is 0 Å². The number of benzene rings is 6. The molecule has 0 radical (unpaired) electrons. The Morgan fingerprint density at radius 3 is 1.33 bits per heavy atom. The van der Waals surface area contributed by atoms with Gasteiger partial charge in [0.15, 0.2) is 23.1 Å². The first kappa shape index (κ1) is 60.1. The molecule has 434 valence electrons. The Bertz CT molecular complexity index is 3950. The van der Waals surface area contributed by atoms with Crippen molar-refractivity contribution in [2.45, 2.75) is 77.3 Å². The molecule has 0 aliphatic rings. The average Bonchev–Trinajstić information content (AvgIpc) is 2.22. The number of nitrogens with one attached hydrogen (secondary N) is 2. The molecular weight excluding hydrogens is 1110 g/mol. The highest BCUT2D eigenvalue weighted by Gasteiger charge is 2.37. The predicted octanol–water partition coefficient (Wildman–Crippen LogP) is 10.7. The summed E-state index contributed by atoms with van der Waals surface area (Å²) in [6.45, 7) is -0.919. The van der Waals surface area contributed by atoms with E-state index in [9.17, 15) is 50.3 Å². The lowest BCUT2D eigenvalue weighted by Gasteiger charge is -2.24. The molecule has 1 amide bonds. The topological polar surface area (TPSA) is 148 Å². The molecule has 23 heteroatoms. The number of amides is 1. The minimum Gasteiger partial charge on any atom is -0.494 e. The second kappa shape index (κ2) is 25.0. The van der Waals surface area contributed by atoms with Gasteiger partial charge in [-0.1, -0.05) is 97.1 Å². The van der Waals surface area contributed by atoms with Crippen LogP contribution in [0.4, 0.5) is 43.9 Å². The largest absolute Gasteiger partial charge is 0.494 e. The van der Waals surface area contributed by atoms with Gasteiger partial charge in [-0.3, -0.25) is 32.7 Å². The number of carbonyl (C=O) groups is 1. The van der Waals surface area contributed by atoms with Gasteiger partial charge in [0, 0.05) is 40.1 Å². The number of aromatic nitrogens is 4. The number of carbonyl (C=O) groups excluding carboxylic acids is 1. The van der Waals surface area contributed by atoms with E-state index in [-0.39, 0.29) is 47.8 Å². The Labute approximate surface area is 466 Å². The van der Waals surface area contributed by atoms with Crippen LogP contribution < -0.4 is 42.6 Å². The van der Waals surface area contributed by atoms with Crippen LogP contribution in [0.15, 0.2) is 153 Å². The van der Waals surface area contributed by atoms with Crippen molar-refractivity contribution in [2.24, 2.45) is 0 Å². The lowest BCUT2D eigenvalue weighted by Crippen LogP contribution is -2.45. The zero-order valence-electron chi connectivity index (χ0n) is 44.7. The lowest BCUT2D eigenvalue weighted by molar-refractivity contribution is -0.139. The molecule has 0 saturated heterocycles. The molecule has 0 fully saturated rings. The number of ether oxygens (including phenoxy) is 2. The summed E-state index contributed by atoms with van der Waals surface area (Å²) in [6.07, 6.45) is -10.4.